The van der Waals surface area contributed by atoms with Gasteiger partial charge in [0.2, 0.25) is 5.91 Å². The van der Waals surface area contributed by atoms with E-state index in [-0.39, 0.29) is 28.8 Å². The highest BCUT2D eigenvalue weighted by molar-refractivity contribution is 6.34. The molecule has 0 radical (unpaired) electrons. The molecule has 2 N–H and O–H groups in total. The van der Waals surface area contributed by atoms with Crippen molar-refractivity contribution in [2.45, 2.75) is 50.8 Å². The van der Waals surface area contributed by atoms with E-state index in [2.05, 4.69) is 40.0 Å². The predicted molar refractivity (Wildman–Crippen MR) is 140 cm³/mol. The minimum absolute atomic E-state index is 0.0578. The predicted octanol–water partition coefficient (Wildman–Crippen LogP) is 3.30. The zero-order chi connectivity index (χ0) is 25.1. The van der Waals surface area contributed by atoms with E-state index in [1.54, 1.807) is 6.20 Å². The Balaban J connectivity index is 1.18. The van der Waals surface area contributed by atoms with Crippen molar-refractivity contribution in [1.29, 1.82) is 0 Å². The van der Waals surface area contributed by atoms with Crippen molar-refractivity contribution in [3.8, 4) is 0 Å². The first kappa shape index (κ1) is 24.4. The number of nitrogens with zero attached hydrogens (tertiary/aromatic N) is 3. The second-order valence-electron chi connectivity index (χ2n) is 11.3. The maximum atomic E-state index is 12.9. The van der Waals surface area contributed by atoms with Crippen LogP contribution in [0, 0.1) is 11.3 Å². The number of carbonyl (C=O) groups excluding carboxylic acids is 1. The number of piperazine rings is 1. The van der Waals surface area contributed by atoms with Gasteiger partial charge in [-0.05, 0) is 62.1 Å². The summed E-state index contributed by atoms with van der Waals surface area (Å²) in [4.78, 5) is 22.1. The zero-order valence-electron chi connectivity index (χ0n) is 21.0. The molecule has 0 bridgehead atoms. The molecule has 6 rings (SSSR count). The number of amides is 1. The van der Waals surface area contributed by atoms with Crippen LogP contribution in [0.15, 0.2) is 24.4 Å². The number of rotatable bonds is 4. The van der Waals surface area contributed by atoms with E-state index >= 15 is 0 Å². The van der Waals surface area contributed by atoms with Gasteiger partial charge in [-0.1, -0.05) is 11.6 Å². The summed E-state index contributed by atoms with van der Waals surface area (Å²) in [6.45, 7) is 9.17. The summed E-state index contributed by atoms with van der Waals surface area (Å²) in [5.74, 6) is 0.701. The molecule has 1 saturated carbocycles. The fourth-order valence-corrected chi connectivity index (χ4v) is 6.72. The summed E-state index contributed by atoms with van der Waals surface area (Å²) in [7, 11) is 0. The molecule has 4 heterocycles. The van der Waals surface area contributed by atoms with Crippen molar-refractivity contribution < 1.29 is 19.4 Å². The molecule has 1 amide bonds. The average molecular weight is 515 g/mol. The monoisotopic (exact) mass is 514 g/mol. The van der Waals surface area contributed by atoms with Crippen LogP contribution < -0.4 is 10.2 Å². The molecule has 3 saturated heterocycles. The van der Waals surface area contributed by atoms with Crippen LogP contribution in [-0.4, -0.2) is 84.6 Å². The van der Waals surface area contributed by atoms with Gasteiger partial charge in [0.25, 0.3) is 0 Å². The SMILES string of the molecule is C[C@H]1CN([C@]2(C)COC[C@@H]2O)CCN1c1cc2cc(NC(=O)C3CC34CCOCC4)ncc2cc1Cl. The Hall–Kier alpha value is -1.97. The van der Waals surface area contributed by atoms with E-state index < -0.39 is 6.10 Å². The smallest absolute Gasteiger partial charge is 0.229 e. The van der Waals surface area contributed by atoms with E-state index in [9.17, 15) is 9.90 Å². The molecule has 1 aliphatic carbocycles. The Morgan fingerprint density at radius 2 is 2.00 bits per heavy atom. The summed E-state index contributed by atoms with van der Waals surface area (Å²) in [6.07, 6.45) is 4.19. The summed E-state index contributed by atoms with van der Waals surface area (Å²) in [5, 5.41) is 16.2. The van der Waals surface area contributed by atoms with Crippen LogP contribution in [0.2, 0.25) is 5.02 Å². The molecular formula is C27H35ClN4O4. The Kier molecular flexibility index (Phi) is 6.16. The highest BCUT2D eigenvalue weighted by Gasteiger charge is 2.58. The summed E-state index contributed by atoms with van der Waals surface area (Å²) in [5.41, 5.74) is 0.768. The molecule has 4 fully saturated rings. The first-order valence-electron chi connectivity index (χ1n) is 13.0. The molecular weight excluding hydrogens is 480 g/mol. The number of aliphatic hydroxyl groups excluding tert-OH is 1. The maximum absolute atomic E-state index is 12.9. The van der Waals surface area contributed by atoms with Crippen LogP contribution >= 0.6 is 11.6 Å². The highest BCUT2D eigenvalue weighted by atomic mass is 35.5. The van der Waals surface area contributed by atoms with Crippen molar-refractivity contribution in [3.63, 3.8) is 0 Å². The van der Waals surface area contributed by atoms with Gasteiger partial charge < -0.3 is 24.8 Å². The number of aromatic nitrogens is 1. The molecule has 1 unspecified atom stereocenters. The fourth-order valence-electron chi connectivity index (χ4n) is 6.44. The second-order valence-corrected chi connectivity index (χ2v) is 11.7. The van der Waals surface area contributed by atoms with Crippen molar-refractivity contribution in [1.82, 2.24) is 9.88 Å². The number of hydrogen-bond acceptors (Lipinski definition) is 7. The Morgan fingerprint density at radius 3 is 2.72 bits per heavy atom. The third kappa shape index (κ3) is 4.17. The van der Waals surface area contributed by atoms with Crippen LogP contribution in [-0.2, 0) is 14.3 Å². The molecule has 4 aliphatic rings. The second kappa shape index (κ2) is 9.10. The number of halogens is 1. The average Bonchev–Trinajstić information content (AvgIpc) is 3.44. The number of ether oxygens (including phenoxy) is 2. The van der Waals surface area contributed by atoms with E-state index in [0.717, 1.165) is 68.6 Å². The lowest BCUT2D eigenvalue weighted by Crippen LogP contribution is -2.63. The number of hydrogen-bond donors (Lipinski definition) is 2. The molecule has 1 aromatic heterocycles. The van der Waals surface area contributed by atoms with Crippen LogP contribution in [0.5, 0.6) is 0 Å². The minimum Gasteiger partial charge on any atom is -0.389 e. The Labute approximate surface area is 216 Å². The largest absolute Gasteiger partial charge is 0.389 e. The van der Waals surface area contributed by atoms with Crippen molar-refractivity contribution in [2.24, 2.45) is 11.3 Å². The van der Waals surface area contributed by atoms with Crippen LogP contribution in [0.1, 0.15) is 33.1 Å². The lowest BCUT2D eigenvalue weighted by atomic mass is 9.93. The van der Waals surface area contributed by atoms with Gasteiger partial charge in [0, 0.05) is 56.4 Å². The van der Waals surface area contributed by atoms with Crippen molar-refractivity contribution >= 4 is 39.8 Å². The number of nitrogens with one attached hydrogen (secondary N) is 1. The van der Waals surface area contributed by atoms with Crippen LogP contribution in [0.4, 0.5) is 11.5 Å². The number of anilines is 2. The zero-order valence-corrected chi connectivity index (χ0v) is 21.8. The van der Waals surface area contributed by atoms with E-state index in [1.165, 1.54) is 0 Å². The summed E-state index contributed by atoms with van der Waals surface area (Å²) >= 11 is 6.75. The maximum Gasteiger partial charge on any atom is 0.229 e. The molecule has 3 aliphatic heterocycles. The van der Waals surface area contributed by atoms with Gasteiger partial charge in [0.15, 0.2) is 0 Å². The molecule has 8 nitrogen and oxygen atoms in total. The third-order valence-electron chi connectivity index (χ3n) is 9.08. The van der Waals surface area contributed by atoms with Gasteiger partial charge in [-0.3, -0.25) is 9.69 Å². The van der Waals surface area contributed by atoms with E-state index in [1.807, 2.05) is 12.1 Å². The topological polar surface area (TPSA) is 87.2 Å². The molecule has 9 heteroatoms. The van der Waals surface area contributed by atoms with Gasteiger partial charge in [0.1, 0.15) is 5.82 Å². The number of pyridine rings is 1. The number of aliphatic hydroxyl groups is 1. The standard InChI is InChI=1S/C27H35ClN4O4/c1-17-14-31(26(2)16-36-15-23(26)33)5-6-32(17)22-10-18-11-24(29-13-19(18)9-21(22)28)30-25(34)20-12-27(20)3-7-35-8-4-27/h9-11,13,17,20,23,33H,3-8,12,14-16H2,1-2H3,(H,29,30,34)/t17-,20?,23-,26+/m0/s1. The summed E-state index contributed by atoms with van der Waals surface area (Å²) < 4.78 is 11.0. The minimum atomic E-state index is -0.474. The molecule has 4 atom stereocenters. The quantitative estimate of drug-likeness (QED) is 0.647. The van der Waals surface area contributed by atoms with Crippen LogP contribution in [0.25, 0.3) is 10.8 Å². The third-order valence-corrected chi connectivity index (χ3v) is 9.38. The van der Waals surface area contributed by atoms with Gasteiger partial charge in [-0.25, -0.2) is 4.98 Å². The Morgan fingerprint density at radius 1 is 1.19 bits per heavy atom. The Bertz CT molecular complexity index is 1170. The highest BCUT2D eigenvalue weighted by Crippen LogP contribution is 2.59. The molecule has 36 heavy (non-hydrogen) atoms. The molecule has 194 valence electrons. The summed E-state index contributed by atoms with van der Waals surface area (Å²) in [6, 6.07) is 6.22. The fraction of sp³-hybridized carbons (Fsp3) is 0.630. The van der Waals surface area contributed by atoms with Crippen molar-refractivity contribution in [3.05, 3.63) is 29.4 Å². The molecule has 1 aromatic carbocycles. The van der Waals surface area contributed by atoms with Gasteiger partial charge in [-0.15, -0.1) is 0 Å². The number of carbonyl (C=O) groups is 1. The van der Waals surface area contributed by atoms with Crippen molar-refractivity contribution in [2.75, 3.05) is 56.3 Å². The lowest BCUT2D eigenvalue weighted by Gasteiger charge is -2.48. The number of fused-ring (bicyclic) bond motifs is 1. The lowest BCUT2D eigenvalue weighted by molar-refractivity contribution is -0.118. The first-order chi connectivity index (χ1) is 17.3. The van der Waals surface area contributed by atoms with Gasteiger partial charge in [-0.2, -0.15) is 0 Å². The normalized spacial score (nSPS) is 32.2. The van der Waals surface area contributed by atoms with Crippen LogP contribution in [0.3, 0.4) is 0 Å². The van der Waals surface area contributed by atoms with E-state index in [0.29, 0.717) is 24.1 Å². The molecule has 1 spiro atoms. The van der Waals surface area contributed by atoms with Gasteiger partial charge >= 0.3 is 0 Å². The van der Waals surface area contributed by atoms with Gasteiger partial charge in [0.05, 0.1) is 35.6 Å². The number of benzene rings is 1. The first-order valence-corrected chi connectivity index (χ1v) is 13.4. The molecule has 2 aromatic rings. The van der Waals surface area contributed by atoms with E-state index in [4.69, 9.17) is 21.1 Å².